The summed E-state index contributed by atoms with van der Waals surface area (Å²) < 4.78 is 0. The van der Waals surface area contributed by atoms with Crippen LogP contribution in [-0.2, 0) is 4.79 Å². The number of anilines is 1. The van der Waals surface area contributed by atoms with Crippen molar-refractivity contribution in [3.8, 4) is 0 Å². The molecule has 0 saturated carbocycles. The fourth-order valence-electron chi connectivity index (χ4n) is 1.03. The lowest BCUT2D eigenvalue weighted by Crippen LogP contribution is -2.23. The van der Waals surface area contributed by atoms with Gasteiger partial charge in [0, 0.05) is 12.7 Å². The SMILES string of the molecule is C/C=C\C(=O)N(C)c1ccccc1. The minimum absolute atomic E-state index is 0.00583. The molecule has 1 aromatic carbocycles. The van der Waals surface area contributed by atoms with E-state index in [4.69, 9.17) is 0 Å². The molecule has 0 aromatic heterocycles. The van der Waals surface area contributed by atoms with Crippen LogP contribution in [0.4, 0.5) is 5.69 Å². The molecule has 0 heterocycles. The van der Waals surface area contributed by atoms with E-state index in [2.05, 4.69) is 0 Å². The predicted octanol–water partition coefficient (Wildman–Crippen LogP) is 2.23. The van der Waals surface area contributed by atoms with Gasteiger partial charge in [0.25, 0.3) is 0 Å². The Kier molecular flexibility index (Phi) is 3.26. The van der Waals surface area contributed by atoms with Crippen molar-refractivity contribution >= 4 is 11.6 Å². The van der Waals surface area contributed by atoms with E-state index in [-0.39, 0.29) is 5.91 Å². The molecule has 0 saturated heterocycles. The Morgan fingerprint density at radius 1 is 1.31 bits per heavy atom. The molecule has 0 unspecified atom stereocenters. The summed E-state index contributed by atoms with van der Waals surface area (Å²) in [4.78, 5) is 13.0. The molecule has 0 fully saturated rings. The van der Waals surface area contributed by atoms with Crippen molar-refractivity contribution < 1.29 is 4.79 Å². The van der Waals surface area contributed by atoms with Crippen molar-refractivity contribution in [2.24, 2.45) is 0 Å². The molecule has 2 heteroatoms. The Balaban J connectivity index is 2.79. The average molecular weight is 175 g/mol. The first-order valence-corrected chi connectivity index (χ1v) is 4.21. The van der Waals surface area contributed by atoms with E-state index in [1.54, 1.807) is 24.1 Å². The lowest BCUT2D eigenvalue weighted by Gasteiger charge is -2.14. The molecule has 0 radical (unpaired) electrons. The molecule has 68 valence electrons. The number of benzene rings is 1. The highest BCUT2D eigenvalue weighted by Gasteiger charge is 2.04. The van der Waals surface area contributed by atoms with Gasteiger partial charge in [-0.2, -0.15) is 0 Å². The van der Waals surface area contributed by atoms with Gasteiger partial charge >= 0.3 is 0 Å². The first kappa shape index (κ1) is 9.52. The third-order valence-corrected chi connectivity index (χ3v) is 1.78. The van der Waals surface area contributed by atoms with Crippen molar-refractivity contribution in [2.75, 3.05) is 11.9 Å². The van der Waals surface area contributed by atoms with Crippen molar-refractivity contribution in [2.45, 2.75) is 6.92 Å². The van der Waals surface area contributed by atoms with Gasteiger partial charge in [-0.1, -0.05) is 24.3 Å². The second-order valence-electron chi connectivity index (χ2n) is 2.73. The molecule has 0 aliphatic heterocycles. The van der Waals surface area contributed by atoms with Crippen LogP contribution >= 0.6 is 0 Å². The van der Waals surface area contributed by atoms with Gasteiger partial charge in [-0.15, -0.1) is 0 Å². The van der Waals surface area contributed by atoms with Gasteiger partial charge in [-0.05, 0) is 25.1 Å². The van der Waals surface area contributed by atoms with E-state index in [1.807, 2.05) is 37.3 Å². The summed E-state index contributed by atoms with van der Waals surface area (Å²) in [5, 5.41) is 0. The molecule has 1 amide bonds. The maximum absolute atomic E-state index is 11.4. The van der Waals surface area contributed by atoms with Crippen LogP contribution in [0.3, 0.4) is 0 Å². The van der Waals surface area contributed by atoms with Gasteiger partial charge in [-0.25, -0.2) is 0 Å². The lowest BCUT2D eigenvalue weighted by atomic mass is 10.3. The smallest absolute Gasteiger partial charge is 0.250 e. The molecule has 0 spiro atoms. The molecule has 0 N–H and O–H groups in total. The Labute approximate surface area is 78.5 Å². The zero-order valence-corrected chi connectivity index (χ0v) is 7.90. The highest BCUT2D eigenvalue weighted by Crippen LogP contribution is 2.10. The Morgan fingerprint density at radius 3 is 2.46 bits per heavy atom. The number of carbonyl (C=O) groups excluding carboxylic acids is 1. The van der Waals surface area contributed by atoms with Crippen LogP contribution < -0.4 is 4.90 Å². The molecule has 13 heavy (non-hydrogen) atoms. The first-order valence-electron chi connectivity index (χ1n) is 4.21. The summed E-state index contributed by atoms with van der Waals surface area (Å²) >= 11 is 0. The zero-order chi connectivity index (χ0) is 9.68. The van der Waals surface area contributed by atoms with E-state index in [0.717, 1.165) is 5.69 Å². The molecule has 0 aliphatic rings. The second-order valence-corrected chi connectivity index (χ2v) is 2.73. The maximum atomic E-state index is 11.4. The van der Waals surface area contributed by atoms with Gasteiger partial charge < -0.3 is 4.90 Å². The number of hydrogen-bond donors (Lipinski definition) is 0. The van der Waals surface area contributed by atoms with Crippen molar-refractivity contribution in [1.29, 1.82) is 0 Å². The van der Waals surface area contributed by atoms with Gasteiger partial charge in [0.15, 0.2) is 0 Å². The number of rotatable bonds is 2. The lowest BCUT2D eigenvalue weighted by molar-refractivity contribution is -0.113. The molecular formula is C11H13NO. The number of carbonyl (C=O) groups is 1. The van der Waals surface area contributed by atoms with E-state index in [9.17, 15) is 4.79 Å². The summed E-state index contributed by atoms with van der Waals surface area (Å²) in [6.45, 7) is 1.83. The molecule has 1 aromatic rings. The minimum Gasteiger partial charge on any atom is -0.312 e. The third-order valence-electron chi connectivity index (χ3n) is 1.78. The number of allylic oxidation sites excluding steroid dienone is 1. The molecule has 0 bridgehead atoms. The minimum atomic E-state index is -0.00583. The molecule has 2 nitrogen and oxygen atoms in total. The summed E-state index contributed by atoms with van der Waals surface area (Å²) in [6, 6.07) is 9.56. The number of nitrogens with zero attached hydrogens (tertiary/aromatic N) is 1. The Morgan fingerprint density at radius 2 is 1.92 bits per heavy atom. The summed E-state index contributed by atoms with van der Waals surface area (Å²) in [5.41, 5.74) is 0.908. The van der Waals surface area contributed by atoms with Crippen LogP contribution in [0.2, 0.25) is 0 Å². The largest absolute Gasteiger partial charge is 0.312 e. The van der Waals surface area contributed by atoms with Crippen LogP contribution in [0.1, 0.15) is 6.92 Å². The van der Waals surface area contributed by atoms with Crippen LogP contribution in [0.15, 0.2) is 42.5 Å². The van der Waals surface area contributed by atoms with Crippen LogP contribution in [0.25, 0.3) is 0 Å². The summed E-state index contributed by atoms with van der Waals surface area (Å²) in [7, 11) is 1.76. The maximum Gasteiger partial charge on any atom is 0.250 e. The van der Waals surface area contributed by atoms with Crippen molar-refractivity contribution in [1.82, 2.24) is 0 Å². The topological polar surface area (TPSA) is 20.3 Å². The summed E-state index contributed by atoms with van der Waals surface area (Å²) in [5.74, 6) is -0.00583. The number of amides is 1. The number of hydrogen-bond acceptors (Lipinski definition) is 1. The molecule has 0 atom stereocenters. The van der Waals surface area contributed by atoms with Gasteiger partial charge in [-0.3, -0.25) is 4.79 Å². The monoisotopic (exact) mass is 175 g/mol. The first-order chi connectivity index (χ1) is 6.25. The van der Waals surface area contributed by atoms with Gasteiger partial charge in [0.05, 0.1) is 0 Å². The van der Waals surface area contributed by atoms with Crippen molar-refractivity contribution in [3.05, 3.63) is 42.5 Å². The van der Waals surface area contributed by atoms with Crippen LogP contribution in [-0.4, -0.2) is 13.0 Å². The van der Waals surface area contributed by atoms with E-state index >= 15 is 0 Å². The standard InChI is InChI=1S/C11H13NO/c1-3-7-11(13)12(2)10-8-5-4-6-9-10/h3-9H,1-2H3/b7-3-. The van der Waals surface area contributed by atoms with Gasteiger partial charge in [0.1, 0.15) is 0 Å². The second kappa shape index (κ2) is 4.45. The number of likely N-dealkylation sites (N-methyl/N-ethyl adjacent to an activating group) is 1. The summed E-state index contributed by atoms with van der Waals surface area (Å²) in [6.07, 6.45) is 3.29. The van der Waals surface area contributed by atoms with E-state index in [0.29, 0.717) is 0 Å². The van der Waals surface area contributed by atoms with Crippen LogP contribution in [0.5, 0.6) is 0 Å². The fraction of sp³-hybridized carbons (Fsp3) is 0.182. The van der Waals surface area contributed by atoms with E-state index < -0.39 is 0 Å². The predicted molar refractivity (Wildman–Crippen MR) is 54.7 cm³/mol. The fourth-order valence-corrected chi connectivity index (χ4v) is 1.03. The Hall–Kier alpha value is -1.57. The van der Waals surface area contributed by atoms with Gasteiger partial charge in [0.2, 0.25) is 5.91 Å². The van der Waals surface area contributed by atoms with E-state index in [1.165, 1.54) is 0 Å². The number of para-hydroxylation sites is 1. The molecule has 0 aliphatic carbocycles. The van der Waals surface area contributed by atoms with Crippen molar-refractivity contribution in [3.63, 3.8) is 0 Å². The normalized spacial score (nSPS) is 10.3. The molecular weight excluding hydrogens is 162 g/mol. The quantitative estimate of drug-likeness (QED) is 0.631. The average Bonchev–Trinajstić information content (AvgIpc) is 2.18. The Bertz CT molecular complexity index is 303. The van der Waals surface area contributed by atoms with Crippen LogP contribution in [0, 0.1) is 0 Å². The third kappa shape index (κ3) is 2.44. The zero-order valence-electron chi connectivity index (χ0n) is 7.90. The highest BCUT2D eigenvalue weighted by atomic mass is 16.2. The molecule has 1 rings (SSSR count). The highest BCUT2D eigenvalue weighted by molar-refractivity contribution is 6.00.